The lowest BCUT2D eigenvalue weighted by atomic mass is 10.0. The second-order valence-corrected chi connectivity index (χ2v) is 9.36. The Morgan fingerprint density at radius 3 is 2.64 bits per heavy atom. The van der Waals surface area contributed by atoms with Gasteiger partial charge in [-0.05, 0) is 37.3 Å². The lowest BCUT2D eigenvalue weighted by Crippen LogP contribution is -2.52. The molecule has 10 heteroatoms. The third-order valence-corrected chi connectivity index (χ3v) is 7.23. The van der Waals surface area contributed by atoms with E-state index in [4.69, 9.17) is 0 Å². The van der Waals surface area contributed by atoms with Gasteiger partial charge in [0.05, 0.1) is 17.9 Å². The van der Waals surface area contributed by atoms with E-state index < -0.39 is 11.9 Å². The monoisotopic (exact) mass is 449 g/mol. The van der Waals surface area contributed by atoms with Gasteiger partial charge in [-0.2, -0.15) is 0 Å². The quantitative estimate of drug-likeness (QED) is 0.635. The smallest absolute Gasteiger partial charge is 0.255 e. The molecule has 0 spiro atoms. The standard InChI is InChI=1S/C23H27N7O3/c31-20-7-6-19(22(32)25-20)29-12-16-15(23(29)33)2-1-3-18(16)30-13-17(26-27-30)21(14-4-5-14)28-10-8-24-9-11-28/h1-3,13-14,19,21,24H,4-12H2,(H,25,31,32). The third kappa shape index (κ3) is 3.63. The van der Waals surface area contributed by atoms with Gasteiger partial charge < -0.3 is 10.2 Å². The minimum absolute atomic E-state index is 0.182. The molecular formula is C23H27N7O3. The van der Waals surface area contributed by atoms with Crippen molar-refractivity contribution in [3.8, 4) is 5.69 Å². The van der Waals surface area contributed by atoms with Crippen LogP contribution in [0.1, 0.15) is 53.3 Å². The number of rotatable bonds is 5. The van der Waals surface area contributed by atoms with Gasteiger partial charge in [0.1, 0.15) is 11.7 Å². The van der Waals surface area contributed by atoms with Crippen LogP contribution in [-0.2, 0) is 16.1 Å². The van der Waals surface area contributed by atoms with Crippen molar-refractivity contribution in [2.24, 2.45) is 5.92 Å². The molecule has 1 aromatic heterocycles. The van der Waals surface area contributed by atoms with Crippen LogP contribution in [0.3, 0.4) is 0 Å². The number of nitrogens with zero attached hydrogens (tertiary/aromatic N) is 5. The van der Waals surface area contributed by atoms with Crippen LogP contribution in [0.25, 0.3) is 5.69 Å². The largest absolute Gasteiger partial charge is 0.322 e. The molecule has 10 nitrogen and oxygen atoms in total. The third-order valence-electron chi connectivity index (χ3n) is 7.23. The van der Waals surface area contributed by atoms with Crippen LogP contribution in [0, 0.1) is 5.92 Å². The van der Waals surface area contributed by atoms with Crippen molar-refractivity contribution in [2.75, 3.05) is 26.2 Å². The van der Waals surface area contributed by atoms with E-state index in [1.54, 1.807) is 15.6 Å². The predicted molar refractivity (Wildman–Crippen MR) is 117 cm³/mol. The Kier molecular flexibility index (Phi) is 4.99. The number of amides is 3. The Morgan fingerprint density at radius 2 is 1.88 bits per heavy atom. The number of hydrogen-bond donors (Lipinski definition) is 2. The first-order chi connectivity index (χ1) is 16.1. The number of aromatic nitrogens is 3. The van der Waals surface area contributed by atoms with E-state index in [0.29, 0.717) is 24.4 Å². The summed E-state index contributed by atoms with van der Waals surface area (Å²) in [6.07, 6.45) is 5.03. The number of nitrogens with one attached hydrogen (secondary N) is 2. The van der Waals surface area contributed by atoms with Gasteiger partial charge in [0, 0.05) is 50.3 Å². The molecule has 172 valence electrons. The number of piperidine rings is 1. The molecule has 0 bridgehead atoms. The van der Waals surface area contributed by atoms with Crippen LogP contribution >= 0.6 is 0 Å². The number of hydrogen-bond acceptors (Lipinski definition) is 7. The molecule has 2 aromatic rings. The molecule has 1 saturated carbocycles. The maximum absolute atomic E-state index is 13.1. The highest BCUT2D eigenvalue weighted by atomic mass is 16.2. The molecule has 3 aliphatic heterocycles. The molecule has 0 radical (unpaired) electrons. The molecule has 3 fully saturated rings. The van der Waals surface area contributed by atoms with Crippen molar-refractivity contribution in [1.29, 1.82) is 0 Å². The zero-order valence-corrected chi connectivity index (χ0v) is 18.4. The summed E-state index contributed by atoms with van der Waals surface area (Å²) in [6.45, 7) is 4.30. The van der Waals surface area contributed by atoms with E-state index in [0.717, 1.165) is 43.1 Å². The Morgan fingerprint density at radius 1 is 1.06 bits per heavy atom. The maximum atomic E-state index is 13.1. The summed E-state index contributed by atoms with van der Waals surface area (Å²) >= 11 is 0. The summed E-state index contributed by atoms with van der Waals surface area (Å²) in [5.74, 6) is -0.246. The molecule has 2 unspecified atom stereocenters. The maximum Gasteiger partial charge on any atom is 0.255 e. The first-order valence-electron chi connectivity index (χ1n) is 11.7. The SMILES string of the molecule is O=C1CCC(N2Cc3c(cccc3-n3cc(C(C4CC4)N4CCNCC4)nn3)C2=O)C(=O)N1. The van der Waals surface area contributed by atoms with E-state index in [-0.39, 0.29) is 24.3 Å². The van der Waals surface area contributed by atoms with Crippen molar-refractivity contribution >= 4 is 17.7 Å². The van der Waals surface area contributed by atoms with E-state index in [1.165, 1.54) is 12.8 Å². The topological polar surface area (TPSA) is 112 Å². The van der Waals surface area contributed by atoms with Crippen LogP contribution in [0.5, 0.6) is 0 Å². The Hall–Kier alpha value is -3.11. The number of carbonyl (C=O) groups is 3. The average Bonchev–Trinajstić information content (AvgIpc) is 3.44. The van der Waals surface area contributed by atoms with E-state index in [2.05, 4.69) is 25.8 Å². The summed E-state index contributed by atoms with van der Waals surface area (Å²) in [6, 6.07) is 5.22. The van der Waals surface area contributed by atoms with E-state index >= 15 is 0 Å². The first-order valence-corrected chi connectivity index (χ1v) is 11.7. The molecule has 4 aliphatic rings. The van der Waals surface area contributed by atoms with Crippen molar-refractivity contribution in [3.05, 3.63) is 41.2 Å². The van der Waals surface area contributed by atoms with Crippen LogP contribution < -0.4 is 10.6 Å². The summed E-state index contributed by atoms with van der Waals surface area (Å²) in [5, 5.41) is 14.8. The fourth-order valence-corrected chi connectivity index (χ4v) is 5.41. The van der Waals surface area contributed by atoms with Gasteiger partial charge in [-0.1, -0.05) is 11.3 Å². The van der Waals surface area contributed by atoms with Gasteiger partial charge in [-0.15, -0.1) is 5.10 Å². The summed E-state index contributed by atoms with van der Waals surface area (Å²) in [4.78, 5) is 41.1. The highest BCUT2D eigenvalue weighted by molar-refractivity contribution is 6.05. The van der Waals surface area contributed by atoms with Crippen LogP contribution in [-0.4, -0.2) is 74.7 Å². The Labute approximate surface area is 191 Å². The van der Waals surface area contributed by atoms with Gasteiger partial charge in [-0.25, -0.2) is 4.68 Å². The number of carbonyl (C=O) groups excluding carboxylic acids is 3. The van der Waals surface area contributed by atoms with Gasteiger partial charge in [0.15, 0.2) is 0 Å². The molecule has 2 saturated heterocycles. The number of fused-ring (bicyclic) bond motifs is 1. The minimum atomic E-state index is -0.631. The van der Waals surface area contributed by atoms with Gasteiger partial charge in [-0.3, -0.25) is 24.6 Å². The fraction of sp³-hybridized carbons (Fsp3) is 0.522. The predicted octanol–water partition coefficient (Wildman–Crippen LogP) is 0.385. The summed E-state index contributed by atoms with van der Waals surface area (Å²) < 4.78 is 1.77. The normalized spacial score (nSPS) is 24.7. The molecule has 3 amide bonds. The van der Waals surface area contributed by atoms with E-state index in [1.807, 2.05) is 18.3 Å². The Balaban J connectivity index is 1.29. The molecule has 1 aliphatic carbocycles. The first kappa shape index (κ1) is 20.5. The van der Waals surface area contributed by atoms with Gasteiger partial charge >= 0.3 is 0 Å². The summed E-state index contributed by atoms with van der Waals surface area (Å²) in [7, 11) is 0. The van der Waals surface area contributed by atoms with Crippen LogP contribution in [0.15, 0.2) is 24.4 Å². The highest BCUT2D eigenvalue weighted by Crippen LogP contribution is 2.44. The molecule has 2 N–H and O–H groups in total. The molecule has 6 rings (SSSR count). The lowest BCUT2D eigenvalue weighted by molar-refractivity contribution is -0.136. The van der Waals surface area contributed by atoms with E-state index in [9.17, 15) is 14.4 Å². The molecule has 2 atom stereocenters. The highest BCUT2D eigenvalue weighted by Gasteiger charge is 2.41. The molecular weight excluding hydrogens is 422 g/mol. The van der Waals surface area contributed by atoms with Gasteiger partial charge in [0.25, 0.3) is 5.91 Å². The van der Waals surface area contributed by atoms with Crippen LogP contribution in [0.4, 0.5) is 0 Å². The average molecular weight is 450 g/mol. The van der Waals surface area contributed by atoms with Crippen molar-refractivity contribution in [2.45, 2.75) is 44.3 Å². The van der Waals surface area contributed by atoms with Crippen LogP contribution in [0.2, 0.25) is 0 Å². The second-order valence-electron chi connectivity index (χ2n) is 9.36. The number of benzene rings is 1. The number of imide groups is 1. The zero-order chi connectivity index (χ0) is 22.5. The van der Waals surface area contributed by atoms with Crippen molar-refractivity contribution in [3.63, 3.8) is 0 Å². The minimum Gasteiger partial charge on any atom is -0.322 e. The summed E-state index contributed by atoms with van der Waals surface area (Å²) in [5.41, 5.74) is 3.21. The zero-order valence-electron chi connectivity index (χ0n) is 18.4. The lowest BCUT2D eigenvalue weighted by Gasteiger charge is -2.33. The Bertz CT molecular complexity index is 1120. The molecule has 33 heavy (non-hydrogen) atoms. The molecule has 1 aromatic carbocycles. The van der Waals surface area contributed by atoms with Crippen molar-refractivity contribution < 1.29 is 14.4 Å². The second kappa shape index (κ2) is 8.03. The fourth-order valence-electron chi connectivity index (χ4n) is 5.41. The van der Waals surface area contributed by atoms with Crippen molar-refractivity contribution in [1.82, 2.24) is 35.4 Å². The molecule has 4 heterocycles. The van der Waals surface area contributed by atoms with Gasteiger partial charge in [0.2, 0.25) is 11.8 Å². The number of piperazine rings is 1.